The van der Waals surface area contributed by atoms with Crippen molar-refractivity contribution in [2.45, 2.75) is 26.8 Å². The van der Waals surface area contributed by atoms with Gasteiger partial charge in [-0.2, -0.15) is 0 Å². The Morgan fingerprint density at radius 1 is 1.24 bits per heavy atom. The van der Waals surface area contributed by atoms with Crippen LogP contribution in [-0.2, 0) is 0 Å². The van der Waals surface area contributed by atoms with Gasteiger partial charge in [-0.05, 0) is 37.1 Å². The molecule has 0 aliphatic rings. The van der Waals surface area contributed by atoms with Crippen LogP contribution in [0.3, 0.4) is 0 Å². The number of halogens is 1. The van der Waals surface area contributed by atoms with Crippen LogP contribution in [0.5, 0.6) is 5.75 Å². The Labute approximate surface area is 103 Å². The van der Waals surface area contributed by atoms with Crippen molar-refractivity contribution in [1.82, 2.24) is 5.32 Å². The standard InChI is InChI=1S/C14H22FNO/c1-9(2)10(3)14(16-4)12-8-11(15)6-7-13(12)17-5/h6-10,14,16H,1-5H3. The molecule has 0 bridgehead atoms. The van der Waals surface area contributed by atoms with E-state index in [-0.39, 0.29) is 11.9 Å². The van der Waals surface area contributed by atoms with Gasteiger partial charge in [0, 0.05) is 11.6 Å². The van der Waals surface area contributed by atoms with Gasteiger partial charge in [-0.1, -0.05) is 20.8 Å². The molecule has 0 heterocycles. The van der Waals surface area contributed by atoms with Crippen molar-refractivity contribution >= 4 is 0 Å². The van der Waals surface area contributed by atoms with Crippen molar-refractivity contribution < 1.29 is 9.13 Å². The molecule has 1 N–H and O–H groups in total. The first-order chi connectivity index (χ1) is 8.01. The number of nitrogens with one attached hydrogen (secondary N) is 1. The molecule has 0 spiro atoms. The minimum atomic E-state index is -0.225. The fourth-order valence-corrected chi connectivity index (χ4v) is 2.03. The number of benzene rings is 1. The van der Waals surface area contributed by atoms with E-state index in [0.29, 0.717) is 11.8 Å². The van der Waals surface area contributed by atoms with Crippen LogP contribution in [-0.4, -0.2) is 14.2 Å². The van der Waals surface area contributed by atoms with Crippen LogP contribution in [0, 0.1) is 17.7 Å². The molecular weight excluding hydrogens is 217 g/mol. The van der Waals surface area contributed by atoms with Gasteiger partial charge in [-0.25, -0.2) is 4.39 Å². The normalized spacial score (nSPS) is 14.8. The molecule has 0 amide bonds. The second-order valence-electron chi connectivity index (χ2n) is 4.76. The third-order valence-electron chi connectivity index (χ3n) is 3.42. The number of hydrogen-bond acceptors (Lipinski definition) is 2. The van der Waals surface area contributed by atoms with Gasteiger partial charge < -0.3 is 10.1 Å². The van der Waals surface area contributed by atoms with Crippen LogP contribution in [0.15, 0.2) is 18.2 Å². The van der Waals surface area contributed by atoms with Gasteiger partial charge in [0.15, 0.2) is 0 Å². The molecule has 0 aliphatic carbocycles. The van der Waals surface area contributed by atoms with E-state index in [4.69, 9.17) is 4.74 Å². The molecule has 0 saturated carbocycles. The minimum absolute atomic E-state index is 0.0978. The van der Waals surface area contributed by atoms with Gasteiger partial charge in [0.1, 0.15) is 11.6 Å². The van der Waals surface area contributed by atoms with Crippen LogP contribution in [0.2, 0.25) is 0 Å². The molecule has 3 heteroatoms. The van der Waals surface area contributed by atoms with Crippen molar-refractivity contribution in [3.8, 4) is 5.75 Å². The lowest BCUT2D eigenvalue weighted by Crippen LogP contribution is -2.27. The molecular formula is C14H22FNO. The number of methoxy groups -OCH3 is 1. The minimum Gasteiger partial charge on any atom is -0.496 e. The first-order valence-electron chi connectivity index (χ1n) is 6.02. The summed E-state index contributed by atoms with van der Waals surface area (Å²) >= 11 is 0. The Bertz CT molecular complexity index is 365. The maximum Gasteiger partial charge on any atom is 0.123 e. The lowest BCUT2D eigenvalue weighted by atomic mass is 9.86. The highest BCUT2D eigenvalue weighted by Crippen LogP contribution is 2.33. The zero-order chi connectivity index (χ0) is 13.0. The van der Waals surface area contributed by atoms with Gasteiger partial charge in [-0.15, -0.1) is 0 Å². The summed E-state index contributed by atoms with van der Waals surface area (Å²) in [7, 11) is 3.51. The lowest BCUT2D eigenvalue weighted by Gasteiger charge is -2.28. The molecule has 1 rings (SSSR count). The molecule has 2 atom stereocenters. The van der Waals surface area contributed by atoms with Crippen LogP contribution >= 0.6 is 0 Å². The van der Waals surface area contributed by atoms with Crippen molar-refractivity contribution in [2.24, 2.45) is 11.8 Å². The quantitative estimate of drug-likeness (QED) is 0.850. The first kappa shape index (κ1) is 14.0. The van der Waals surface area contributed by atoms with Crippen LogP contribution in [0.25, 0.3) is 0 Å². The van der Waals surface area contributed by atoms with E-state index in [0.717, 1.165) is 11.3 Å². The maximum absolute atomic E-state index is 13.4. The Morgan fingerprint density at radius 3 is 2.35 bits per heavy atom. The average Bonchev–Trinajstić information content (AvgIpc) is 2.30. The summed E-state index contributed by atoms with van der Waals surface area (Å²) in [5.41, 5.74) is 0.885. The van der Waals surface area contributed by atoms with Gasteiger partial charge >= 0.3 is 0 Å². The van der Waals surface area contributed by atoms with Gasteiger partial charge in [0.05, 0.1) is 7.11 Å². The van der Waals surface area contributed by atoms with Gasteiger partial charge in [-0.3, -0.25) is 0 Å². The third-order valence-corrected chi connectivity index (χ3v) is 3.42. The zero-order valence-electron chi connectivity index (χ0n) is 11.3. The second kappa shape index (κ2) is 6.01. The molecule has 96 valence electrons. The van der Waals surface area contributed by atoms with Crippen molar-refractivity contribution in [2.75, 3.05) is 14.2 Å². The van der Waals surface area contributed by atoms with Crippen molar-refractivity contribution in [3.05, 3.63) is 29.6 Å². The number of rotatable bonds is 5. The van der Waals surface area contributed by atoms with E-state index >= 15 is 0 Å². The summed E-state index contributed by atoms with van der Waals surface area (Å²) < 4.78 is 18.7. The lowest BCUT2D eigenvalue weighted by molar-refractivity contribution is 0.305. The summed E-state index contributed by atoms with van der Waals surface area (Å²) in [5, 5.41) is 3.25. The predicted octanol–water partition coefficient (Wildman–Crippen LogP) is 3.39. The smallest absolute Gasteiger partial charge is 0.123 e. The number of hydrogen-bond donors (Lipinski definition) is 1. The Balaban J connectivity index is 3.14. The summed E-state index contributed by atoms with van der Waals surface area (Å²) in [6.07, 6.45) is 0. The monoisotopic (exact) mass is 239 g/mol. The number of ether oxygens (including phenoxy) is 1. The summed E-state index contributed by atoms with van der Waals surface area (Å²) in [6.45, 7) is 6.50. The van der Waals surface area contributed by atoms with E-state index in [9.17, 15) is 4.39 Å². The first-order valence-corrected chi connectivity index (χ1v) is 6.02. The predicted molar refractivity (Wildman–Crippen MR) is 68.8 cm³/mol. The molecule has 1 aromatic rings. The van der Waals surface area contributed by atoms with Crippen LogP contribution < -0.4 is 10.1 Å². The topological polar surface area (TPSA) is 21.3 Å². The molecule has 0 radical (unpaired) electrons. The molecule has 0 fully saturated rings. The highest BCUT2D eigenvalue weighted by Gasteiger charge is 2.23. The van der Waals surface area contributed by atoms with E-state index in [2.05, 4.69) is 26.1 Å². The third kappa shape index (κ3) is 3.19. The Morgan fingerprint density at radius 2 is 1.88 bits per heavy atom. The Hall–Kier alpha value is -1.09. The van der Waals surface area contributed by atoms with Gasteiger partial charge in [0.2, 0.25) is 0 Å². The maximum atomic E-state index is 13.4. The Kier molecular flexibility index (Phi) is 4.94. The molecule has 2 unspecified atom stereocenters. The molecule has 2 nitrogen and oxygen atoms in total. The highest BCUT2D eigenvalue weighted by atomic mass is 19.1. The summed E-state index contributed by atoms with van der Waals surface area (Å²) in [6, 6.07) is 4.76. The van der Waals surface area contributed by atoms with Crippen LogP contribution in [0.4, 0.5) is 4.39 Å². The zero-order valence-corrected chi connectivity index (χ0v) is 11.3. The SMILES string of the molecule is CNC(c1cc(F)ccc1OC)C(C)C(C)C. The van der Waals surface area contributed by atoms with Crippen molar-refractivity contribution in [1.29, 1.82) is 0 Å². The molecule has 1 aromatic carbocycles. The molecule has 0 saturated heterocycles. The fraction of sp³-hybridized carbons (Fsp3) is 0.571. The molecule has 17 heavy (non-hydrogen) atoms. The molecule has 0 aromatic heterocycles. The van der Waals surface area contributed by atoms with E-state index in [1.54, 1.807) is 19.2 Å². The van der Waals surface area contributed by atoms with E-state index in [1.807, 2.05) is 7.05 Å². The van der Waals surface area contributed by atoms with Crippen molar-refractivity contribution in [3.63, 3.8) is 0 Å². The van der Waals surface area contributed by atoms with Crippen LogP contribution in [0.1, 0.15) is 32.4 Å². The van der Waals surface area contributed by atoms with E-state index < -0.39 is 0 Å². The summed E-state index contributed by atoms with van der Waals surface area (Å²) in [5.74, 6) is 1.42. The average molecular weight is 239 g/mol. The van der Waals surface area contributed by atoms with E-state index in [1.165, 1.54) is 6.07 Å². The second-order valence-corrected chi connectivity index (χ2v) is 4.76. The van der Waals surface area contributed by atoms with Gasteiger partial charge in [0.25, 0.3) is 0 Å². The molecule has 0 aliphatic heterocycles. The summed E-state index contributed by atoms with van der Waals surface area (Å²) in [4.78, 5) is 0. The highest BCUT2D eigenvalue weighted by molar-refractivity contribution is 5.36. The largest absolute Gasteiger partial charge is 0.496 e. The fourth-order valence-electron chi connectivity index (χ4n) is 2.03.